The molecule has 2 saturated carbocycles. The summed E-state index contributed by atoms with van der Waals surface area (Å²) >= 11 is 0. The Labute approximate surface area is 109 Å². The molecule has 2 heteroatoms. The minimum atomic E-state index is 0.689. The summed E-state index contributed by atoms with van der Waals surface area (Å²) in [5.41, 5.74) is 9.89. The van der Waals surface area contributed by atoms with Gasteiger partial charge in [-0.2, -0.15) is 0 Å². The van der Waals surface area contributed by atoms with E-state index in [0.717, 1.165) is 17.6 Å². The van der Waals surface area contributed by atoms with Crippen molar-refractivity contribution in [1.82, 2.24) is 4.90 Å². The molecule has 1 unspecified atom stereocenters. The van der Waals surface area contributed by atoms with Gasteiger partial charge in [-0.15, -0.1) is 0 Å². The molecule has 0 amide bonds. The highest BCUT2D eigenvalue weighted by Gasteiger charge is 2.39. The van der Waals surface area contributed by atoms with Crippen molar-refractivity contribution in [2.24, 2.45) is 5.92 Å². The van der Waals surface area contributed by atoms with E-state index in [1.165, 1.54) is 50.6 Å². The molecule has 0 saturated heterocycles. The van der Waals surface area contributed by atoms with Gasteiger partial charge < -0.3 is 5.73 Å². The summed E-state index contributed by atoms with van der Waals surface area (Å²) in [6.45, 7) is 1.35. The highest BCUT2D eigenvalue weighted by Crippen LogP contribution is 2.44. The molecule has 2 nitrogen and oxygen atoms in total. The van der Waals surface area contributed by atoms with Gasteiger partial charge in [-0.05, 0) is 67.7 Å². The van der Waals surface area contributed by atoms with Crippen LogP contribution in [0.2, 0.25) is 0 Å². The molecule has 0 radical (unpaired) electrons. The highest BCUT2D eigenvalue weighted by atomic mass is 15.2. The predicted octanol–water partition coefficient (Wildman–Crippen LogP) is 3.13. The van der Waals surface area contributed by atoms with Gasteiger partial charge in [0.25, 0.3) is 0 Å². The summed E-state index contributed by atoms with van der Waals surface area (Å²) in [5.74, 6) is 1.00. The van der Waals surface area contributed by atoms with E-state index in [1.54, 1.807) is 5.56 Å². The van der Waals surface area contributed by atoms with Crippen molar-refractivity contribution in [1.29, 1.82) is 0 Å². The molecule has 4 rings (SSSR count). The summed E-state index contributed by atoms with van der Waals surface area (Å²) < 4.78 is 0. The third kappa shape index (κ3) is 1.93. The molecule has 0 spiro atoms. The monoisotopic (exact) mass is 242 g/mol. The first-order chi connectivity index (χ1) is 8.81. The number of hydrogen-bond acceptors (Lipinski definition) is 2. The molecule has 2 N–H and O–H groups in total. The van der Waals surface area contributed by atoms with Gasteiger partial charge >= 0.3 is 0 Å². The number of hydrogen-bond donors (Lipinski definition) is 1. The summed E-state index contributed by atoms with van der Waals surface area (Å²) in [6, 6.07) is 8.13. The van der Waals surface area contributed by atoms with E-state index in [-0.39, 0.29) is 0 Å². The third-order valence-corrected chi connectivity index (χ3v) is 4.80. The van der Waals surface area contributed by atoms with Crippen molar-refractivity contribution < 1.29 is 0 Å². The lowest BCUT2D eigenvalue weighted by atomic mass is 10.1. The molecule has 0 heterocycles. The van der Waals surface area contributed by atoms with Crippen molar-refractivity contribution in [3.8, 4) is 0 Å². The molecule has 3 aliphatic carbocycles. The SMILES string of the molecule is Nc1ccc2c(c1)CCC2N(CC1CC1)C1CC1. The van der Waals surface area contributed by atoms with Crippen LogP contribution in [-0.4, -0.2) is 17.5 Å². The molecule has 96 valence electrons. The molecule has 1 aromatic rings. The molecular weight excluding hydrogens is 220 g/mol. The maximum atomic E-state index is 5.90. The van der Waals surface area contributed by atoms with E-state index >= 15 is 0 Å². The van der Waals surface area contributed by atoms with E-state index in [4.69, 9.17) is 5.73 Å². The molecular formula is C16H22N2. The quantitative estimate of drug-likeness (QED) is 0.822. The van der Waals surface area contributed by atoms with Gasteiger partial charge in [-0.1, -0.05) is 6.07 Å². The van der Waals surface area contributed by atoms with Crippen LogP contribution in [0, 0.1) is 5.92 Å². The molecule has 1 aromatic carbocycles. The van der Waals surface area contributed by atoms with E-state index in [2.05, 4.69) is 23.1 Å². The Morgan fingerprint density at radius 2 is 1.94 bits per heavy atom. The standard InChI is InChI=1S/C16H22N2/c17-13-4-7-15-12(9-13)3-8-16(15)18(14-5-6-14)10-11-1-2-11/h4,7,9,11,14,16H,1-3,5-6,8,10,17H2. The van der Waals surface area contributed by atoms with Crippen LogP contribution in [0.1, 0.15) is 49.3 Å². The van der Waals surface area contributed by atoms with E-state index in [9.17, 15) is 0 Å². The van der Waals surface area contributed by atoms with E-state index in [0.29, 0.717) is 6.04 Å². The van der Waals surface area contributed by atoms with Crippen LogP contribution in [0.15, 0.2) is 18.2 Å². The summed E-state index contributed by atoms with van der Waals surface area (Å²) in [7, 11) is 0. The zero-order chi connectivity index (χ0) is 12.1. The Bertz CT molecular complexity index is 460. The van der Waals surface area contributed by atoms with E-state index < -0.39 is 0 Å². The van der Waals surface area contributed by atoms with Crippen molar-refractivity contribution in [3.05, 3.63) is 29.3 Å². The van der Waals surface area contributed by atoms with Gasteiger partial charge in [0, 0.05) is 24.3 Å². The number of nitrogens with two attached hydrogens (primary N) is 1. The van der Waals surface area contributed by atoms with Gasteiger partial charge in [0.05, 0.1) is 0 Å². The number of nitrogen functional groups attached to an aromatic ring is 1. The molecule has 2 fully saturated rings. The summed E-state index contributed by atoms with van der Waals surface area (Å²) in [6.07, 6.45) is 8.30. The average molecular weight is 242 g/mol. The molecule has 3 aliphatic rings. The highest BCUT2D eigenvalue weighted by molar-refractivity contribution is 5.47. The average Bonchev–Trinajstić information content (AvgIpc) is 3.24. The van der Waals surface area contributed by atoms with Crippen LogP contribution in [0.25, 0.3) is 0 Å². The lowest BCUT2D eigenvalue weighted by Gasteiger charge is -2.29. The fourth-order valence-electron chi connectivity index (χ4n) is 3.49. The molecule has 18 heavy (non-hydrogen) atoms. The lowest BCUT2D eigenvalue weighted by molar-refractivity contribution is 0.178. The van der Waals surface area contributed by atoms with Crippen LogP contribution in [0.4, 0.5) is 5.69 Å². The first-order valence-corrected chi connectivity index (χ1v) is 7.45. The van der Waals surface area contributed by atoms with E-state index in [1.807, 2.05) is 0 Å². The molecule has 0 aromatic heterocycles. The normalized spacial score (nSPS) is 26.6. The summed E-state index contributed by atoms with van der Waals surface area (Å²) in [5, 5.41) is 0. The van der Waals surface area contributed by atoms with Gasteiger partial charge in [-0.3, -0.25) is 4.90 Å². The minimum absolute atomic E-state index is 0.689. The minimum Gasteiger partial charge on any atom is -0.399 e. The van der Waals surface area contributed by atoms with Crippen molar-refractivity contribution in [2.75, 3.05) is 12.3 Å². The first kappa shape index (κ1) is 10.9. The zero-order valence-corrected chi connectivity index (χ0v) is 10.9. The Kier molecular flexibility index (Phi) is 2.41. The first-order valence-electron chi connectivity index (χ1n) is 7.45. The predicted molar refractivity (Wildman–Crippen MR) is 74.4 cm³/mol. The third-order valence-electron chi connectivity index (χ3n) is 4.80. The molecule has 1 atom stereocenters. The van der Waals surface area contributed by atoms with Gasteiger partial charge in [0.15, 0.2) is 0 Å². The van der Waals surface area contributed by atoms with Crippen LogP contribution >= 0.6 is 0 Å². The molecule has 0 aliphatic heterocycles. The number of benzene rings is 1. The van der Waals surface area contributed by atoms with Crippen molar-refractivity contribution in [3.63, 3.8) is 0 Å². The van der Waals surface area contributed by atoms with Crippen LogP contribution < -0.4 is 5.73 Å². The maximum Gasteiger partial charge on any atom is 0.0357 e. The van der Waals surface area contributed by atoms with Gasteiger partial charge in [-0.25, -0.2) is 0 Å². The molecule has 0 bridgehead atoms. The number of anilines is 1. The second kappa shape index (κ2) is 3.99. The number of fused-ring (bicyclic) bond motifs is 1. The summed E-state index contributed by atoms with van der Waals surface area (Å²) in [4.78, 5) is 2.82. The fourth-order valence-corrected chi connectivity index (χ4v) is 3.49. The van der Waals surface area contributed by atoms with Crippen LogP contribution in [0.5, 0.6) is 0 Å². The Hall–Kier alpha value is -1.02. The Morgan fingerprint density at radius 3 is 2.67 bits per heavy atom. The number of rotatable bonds is 4. The van der Waals surface area contributed by atoms with Crippen molar-refractivity contribution >= 4 is 5.69 Å². The lowest BCUT2D eigenvalue weighted by Crippen LogP contribution is -2.31. The zero-order valence-electron chi connectivity index (χ0n) is 10.9. The van der Waals surface area contributed by atoms with Gasteiger partial charge in [0.1, 0.15) is 0 Å². The second-order valence-corrected chi connectivity index (χ2v) is 6.38. The topological polar surface area (TPSA) is 29.3 Å². The van der Waals surface area contributed by atoms with Crippen LogP contribution in [-0.2, 0) is 6.42 Å². The second-order valence-electron chi connectivity index (χ2n) is 6.38. The fraction of sp³-hybridized carbons (Fsp3) is 0.625. The smallest absolute Gasteiger partial charge is 0.0357 e. The Morgan fingerprint density at radius 1 is 1.11 bits per heavy atom. The Balaban J connectivity index is 1.60. The largest absolute Gasteiger partial charge is 0.399 e. The van der Waals surface area contributed by atoms with Gasteiger partial charge in [0.2, 0.25) is 0 Å². The number of aryl methyl sites for hydroxylation is 1. The van der Waals surface area contributed by atoms with Crippen molar-refractivity contribution in [2.45, 2.75) is 50.6 Å². The number of nitrogens with zero attached hydrogens (tertiary/aromatic N) is 1. The van der Waals surface area contributed by atoms with Crippen LogP contribution in [0.3, 0.4) is 0 Å². The maximum absolute atomic E-state index is 5.90.